The van der Waals surface area contributed by atoms with Gasteiger partial charge in [0.25, 0.3) is 0 Å². The molecule has 0 heterocycles. The van der Waals surface area contributed by atoms with Crippen LogP contribution >= 0.6 is 0 Å². The third-order valence-corrected chi connectivity index (χ3v) is 4.57. The van der Waals surface area contributed by atoms with Crippen molar-refractivity contribution < 1.29 is 4.79 Å². The van der Waals surface area contributed by atoms with Crippen LogP contribution in [0.3, 0.4) is 0 Å². The first kappa shape index (κ1) is 14.3. The van der Waals surface area contributed by atoms with Crippen molar-refractivity contribution in [3.63, 3.8) is 0 Å². The number of benzene rings is 1. The molecule has 19 heavy (non-hydrogen) atoms. The Balaban J connectivity index is 2.20. The quantitative estimate of drug-likeness (QED) is 0.692. The van der Waals surface area contributed by atoms with Gasteiger partial charge in [-0.15, -0.1) is 0 Å². The average Bonchev–Trinajstić information content (AvgIpc) is 2.38. The second-order valence-electron chi connectivity index (χ2n) is 6.60. The maximum atomic E-state index is 12.8. The summed E-state index contributed by atoms with van der Waals surface area (Å²) in [5.41, 5.74) is 2.38. The number of rotatable bonds is 4. The van der Waals surface area contributed by atoms with E-state index in [0.29, 0.717) is 5.78 Å². The summed E-state index contributed by atoms with van der Waals surface area (Å²) in [6.45, 7) is 6.69. The fourth-order valence-electron chi connectivity index (χ4n) is 3.35. The molecule has 0 N–H and O–H groups in total. The van der Waals surface area contributed by atoms with Crippen LogP contribution in [-0.4, -0.2) is 5.78 Å². The van der Waals surface area contributed by atoms with Gasteiger partial charge in [0.1, 0.15) is 0 Å². The molecule has 104 valence electrons. The highest BCUT2D eigenvalue weighted by Crippen LogP contribution is 2.42. The van der Waals surface area contributed by atoms with Crippen LogP contribution in [-0.2, 0) is 6.42 Å². The first-order valence-electron chi connectivity index (χ1n) is 7.68. The Bertz CT molecular complexity index is 445. The van der Waals surface area contributed by atoms with Gasteiger partial charge in [-0.1, -0.05) is 58.2 Å². The molecule has 0 bridgehead atoms. The highest BCUT2D eigenvalue weighted by molar-refractivity contribution is 5.98. The number of carbonyl (C=O) groups excluding carboxylic acids is 1. The van der Waals surface area contributed by atoms with Crippen molar-refractivity contribution in [2.45, 2.75) is 59.3 Å². The van der Waals surface area contributed by atoms with E-state index in [1.807, 2.05) is 12.1 Å². The molecule has 1 aliphatic rings. The summed E-state index contributed by atoms with van der Waals surface area (Å²) in [5.74, 6) is 0.570. The van der Waals surface area contributed by atoms with Gasteiger partial charge < -0.3 is 0 Å². The van der Waals surface area contributed by atoms with Gasteiger partial charge in [-0.2, -0.15) is 0 Å². The first-order chi connectivity index (χ1) is 9.04. The molecule has 2 rings (SSSR count). The molecule has 1 nitrogen and oxygen atoms in total. The van der Waals surface area contributed by atoms with E-state index < -0.39 is 0 Å². The van der Waals surface area contributed by atoms with Crippen LogP contribution in [0.15, 0.2) is 24.3 Å². The zero-order valence-corrected chi connectivity index (χ0v) is 12.5. The van der Waals surface area contributed by atoms with Crippen LogP contribution < -0.4 is 0 Å². The smallest absolute Gasteiger partial charge is 0.166 e. The zero-order chi connectivity index (χ0) is 13.9. The molecule has 1 aromatic rings. The van der Waals surface area contributed by atoms with E-state index in [9.17, 15) is 4.79 Å². The van der Waals surface area contributed by atoms with Gasteiger partial charge in [0, 0.05) is 11.5 Å². The fraction of sp³-hybridized carbons (Fsp3) is 0.611. The monoisotopic (exact) mass is 258 g/mol. The number of ketones is 1. The number of aryl methyl sites for hydroxylation is 1. The molecule has 1 heteroatoms. The summed E-state index contributed by atoms with van der Waals surface area (Å²) < 4.78 is 0. The number of Topliss-reactive ketones (excluding diaryl/α,β-unsaturated/α-hetero) is 1. The lowest BCUT2D eigenvalue weighted by Crippen LogP contribution is -2.34. The van der Waals surface area contributed by atoms with Crippen molar-refractivity contribution in [1.29, 1.82) is 0 Å². The van der Waals surface area contributed by atoms with E-state index in [4.69, 9.17) is 0 Å². The molecule has 0 spiro atoms. The molecule has 0 aliphatic heterocycles. The molecule has 0 aromatic heterocycles. The van der Waals surface area contributed by atoms with Crippen molar-refractivity contribution in [2.75, 3.05) is 0 Å². The van der Waals surface area contributed by atoms with Gasteiger partial charge in [0.2, 0.25) is 0 Å². The molecular formula is C18H26O. The molecule has 1 atom stereocenters. The highest BCUT2D eigenvalue weighted by Gasteiger charge is 2.37. The molecule has 0 radical (unpaired) electrons. The van der Waals surface area contributed by atoms with Crippen molar-refractivity contribution in [3.8, 4) is 0 Å². The highest BCUT2D eigenvalue weighted by atomic mass is 16.1. The SMILES string of the molecule is CCCc1cccc(C(=O)C2CCCCC2(C)C)c1. The van der Waals surface area contributed by atoms with Crippen LogP contribution in [0.5, 0.6) is 0 Å². The van der Waals surface area contributed by atoms with Gasteiger partial charge in [0.05, 0.1) is 0 Å². The summed E-state index contributed by atoms with van der Waals surface area (Å²) in [6, 6.07) is 8.27. The molecule has 0 amide bonds. The second kappa shape index (κ2) is 5.90. The Morgan fingerprint density at radius 2 is 2.11 bits per heavy atom. The van der Waals surface area contributed by atoms with Crippen LogP contribution in [0.2, 0.25) is 0 Å². The third-order valence-electron chi connectivity index (χ3n) is 4.57. The number of carbonyl (C=O) groups is 1. The minimum Gasteiger partial charge on any atom is -0.294 e. The predicted molar refractivity (Wildman–Crippen MR) is 80.5 cm³/mol. The maximum Gasteiger partial charge on any atom is 0.166 e. The lowest BCUT2D eigenvalue weighted by molar-refractivity contribution is 0.0697. The van der Waals surface area contributed by atoms with Gasteiger partial charge >= 0.3 is 0 Å². The molecule has 1 aromatic carbocycles. The van der Waals surface area contributed by atoms with Crippen LogP contribution in [0, 0.1) is 11.3 Å². The molecule has 1 fully saturated rings. The fourth-order valence-corrected chi connectivity index (χ4v) is 3.35. The van der Waals surface area contributed by atoms with Gasteiger partial charge in [0.15, 0.2) is 5.78 Å². The van der Waals surface area contributed by atoms with Gasteiger partial charge in [-0.3, -0.25) is 4.79 Å². The van der Waals surface area contributed by atoms with Crippen molar-refractivity contribution >= 4 is 5.78 Å². The Morgan fingerprint density at radius 3 is 2.79 bits per heavy atom. The predicted octanol–water partition coefficient (Wildman–Crippen LogP) is 5.04. The van der Waals surface area contributed by atoms with E-state index in [2.05, 4.69) is 32.9 Å². The first-order valence-corrected chi connectivity index (χ1v) is 7.68. The standard InChI is InChI=1S/C18H26O/c1-4-8-14-9-7-10-15(13-14)17(19)16-11-5-6-12-18(16,2)3/h7,9-10,13,16H,4-6,8,11-12H2,1-3H3. The topological polar surface area (TPSA) is 17.1 Å². The van der Waals surface area contributed by atoms with Crippen LogP contribution in [0.25, 0.3) is 0 Å². The molecule has 1 aliphatic carbocycles. The van der Waals surface area contributed by atoms with Crippen molar-refractivity contribution in [3.05, 3.63) is 35.4 Å². The average molecular weight is 258 g/mol. The number of hydrogen-bond donors (Lipinski definition) is 0. The Hall–Kier alpha value is -1.11. The summed E-state index contributed by atoms with van der Waals surface area (Å²) in [5, 5.41) is 0. The second-order valence-corrected chi connectivity index (χ2v) is 6.60. The molecule has 1 unspecified atom stereocenters. The Kier molecular flexibility index (Phi) is 4.44. The summed E-state index contributed by atoms with van der Waals surface area (Å²) in [6.07, 6.45) is 6.91. The third kappa shape index (κ3) is 3.26. The van der Waals surface area contributed by atoms with Gasteiger partial charge in [-0.25, -0.2) is 0 Å². The van der Waals surface area contributed by atoms with E-state index in [-0.39, 0.29) is 11.3 Å². The van der Waals surface area contributed by atoms with Crippen molar-refractivity contribution in [2.24, 2.45) is 11.3 Å². The lowest BCUT2D eigenvalue weighted by Gasteiger charge is -2.37. The van der Waals surface area contributed by atoms with Crippen molar-refractivity contribution in [1.82, 2.24) is 0 Å². The normalized spacial score (nSPS) is 22.2. The maximum absolute atomic E-state index is 12.8. The minimum absolute atomic E-state index is 0.163. The zero-order valence-electron chi connectivity index (χ0n) is 12.5. The molecular weight excluding hydrogens is 232 g/mol. The van der Waals surface area contributed by atoms with Gasteiger partial charge in [-0.05, 0) is 36.3 Å². The summed E-state index contributed by atoms with van der Waals surface area (Å²) in [7, 11) is 0. The Labute approximate surface area is 117 Å². The van der Waals surface area contributed by atoms with E-state index in [1.54, 1.807) is 0 Å². The van der Waals surface area contributed by atoms with E-state index in [1.165, 1.54) is 24.8 Å². The minimum atomic E-state index is 0.163. The molecule has 0 saturated heterocycles. The lowest BCUT2D eigenvalue weighted by atomic mass is 9.66. The summed E-state index contributed by atoms with van der Waals surface area (Å²) in [4.78, 5) is 12.8. The van der Waals surface area contributed by atoms with Crippen LogP contribution in [0.4, 0.5) is 0 Å². The number of hydrogen-bond acceptors (Lipinski definition) is 1. The molecule has 1 saturated carbocycles. The van der Waals surface area contributed by atoms with E-state index >= 15 is 0 Å². The van der Waals surface area contributed by atoms with Crippen LogP contribution in [0.1, 0.15) is 68.8 Å². The largest absolute Gasteiger partial charge is 0.294 e. The summed E-state index contributed by atoms with van der Waals surface area (Å²) >= 11 is 0. The Morgan fingerprint density at radius 1 is 1.32 bits per heavy atom. The van der Waals surface area contributed by atoms with E-state index in [0.717, 1.165) is 24.8 Å².